The van der Waals surface area contributed by atoms with Gasteiger partial charge < -0.3 is 16.0 Å². The molecule has 108 valence electrons. The van der Waals surface area contributed by atoms with Gasteiger partial charge in [0.15, 0.2) is 0 Å². The summed E-state index contributed by atoms with van der Waals surface area (Å²) < 4.78 is 0. The minimum atomic E-state index is -0.441. The Hall–Kier alpha value is -2.04. The molecule has 0 spiro atoms. The lowest BCUT2D eigenvalue weighted by Crippen LogP contribution is -2.41. The zero-order valence-corrected chi connectivity index (χ0v) is 11.8. The first-order chi connectivity index (χ1) is 9.56. The van der Waals surface area contributed by atoms with Gasteiger partial charge >= 0.3 is 6.03 Å². The second-order valence-corrected chi connectivity index (χ2v) is 5.35. The predicted molar refractivity (Wildman–Crippen MR) is 77.2 cm³/mol. The minimum Gasteiger partial charge on any atom is -0.366 e. The van der Waals surface area contributed by atoms with Crippen LogP contribution < -0.4 is 11.1 Å². The number of urea groups is 1. The Kier molecular flexibility index (Phi) is 4.61. The lowest BCUT2D eigenvalue weighted by Gasteiger charge is -2.21. The van der Waals surface area contributed by atoms with Crippen LogP contribution in [0.5, 0.6) is 0 Å². The number of benzene rings is 1. The van der Waals surface area contributed by atoms with Crippen molar-refractivity contribution in [2.45, 2.75) is 38.3 Å². The van der Waals surface area contributed by atoms with Crippen LogP contribution in [0.1, 0.15) is 41.6 Å². The molecule has 0 bridgehead atoms. The van der Waals surface area contributed by atoms with E-state index in [1.165, 1.54) is 12.8 Å². The SMILES string of the molecule is CN(Cc1ccc(C(N)=O)cc1)C(=O)NC1CCCC1. The molecular formula is C15H21N3O2. The van der Waals surface area contributed by atoms with Gasteiger partial charge in [-0.1, -0.05) is 25.0 Å². The van der Waals surface area contributed by atoms with Gasteiger partial charge in [-0.3, -0.25) is 4.79 Å². The monoisotopic (exact) mass is 275 g/mol. The molecule has 0 atom stereocenters. The normalized spacial score (nSPS) is 15.1. The number of primary amides is 1. The molecule has 0 radical (unpaired) electrons. The highest BCUT2D eigenvalue weighted by Crippen LogP contribution is 2.18. The third-order valence-electron chi connectivity index (χ3n) is 3.69. The number of carbonyl (C=O) groups is 2. The molecular weight excluding hydrogens is 254 g/mol. The van der Waals surface area contributed by atoms with Crippen LogP contribution in [-0.2, 0) is 6.54 Å². The summed E-state index contributed by atoms with van der Waals surface area (Å²) >= 11 is 0. The summed E-state index contributed by atoms with van der Waals surface area (Å²) in [6.45, 7) is 0.512. The summed E-state index contributed by atoms with van der Waals surface area (Å²) in [5.74, 6) is -0.441. The summed E-state index contributed by atoms with van der Waals surface area (Å²) in [6, 6.07) is 7.28. The van der Waals surface area contributed by atoms with E-state index in [9.17, 15) is 9.59 Å². The number of nitrogens with one attached hydrogen (secondary N) is 1. The Morgan fingerprint density at radius 1 is 1.25 bits per heavy atom. The number of hydrogen-bond acceptors (Lipinski definition) is 2. The molecule has 3 N–H and O–H groups in total. The zero-order valence-electron chi connectivity index (χ0n) is 11.8. The van der Waals surface area contributed by atoms with Gasteiger partial charge in [-0.25, -0.2) is 4.79 Å². The standard InChI is InChI=1S/C15H21N3O2/c1-18(15(20)17-13-4-2-3-5-13)10-11-6-8-12(9-7-11)14(16)19/h6-9,13H,2-5,10H2,1H3,(H2,16,19)(H,17,20). The number of nitrogens with two attached hydrogens (primary N) is 1. The Bertz CT molecular complexity index is 478. The topological polar surface area (TPSA) is 75.4 Å². The third-order valence-corrected chi connectivity index (χ3v) is 3.69. The van der Waals surface area contributed by atoms with Crippen LogP contribution in [0.3, 0.4) is 0 Å². The van der Waals surface area contributed by atoms with E-state index in [-0.39, 0.29) is 6.03 Å². The number of nitrogens with zero attached hydrogens (tertiary/aromatic N) is 1. The molecule has 20 heavy (non-hydrogen) atoms. The maximum Gasteiger partial charge on any atom is 0.317 e. The van der Waals surface area contributed by atoms with E-state index in [2.05, 4.69) is 5.32 Å². The van der Waals surface area contributed by atoms with Gasteiger partial charge in [0.1, 0.15) is 0 Å². The summed E-state index contributed by atoms with van der Waals surface area (Å²) in [7, 11) is 1.77. The molecule has 5 nitrogen and oxygen atoms in total. The predicted octanol–water partition coefficient (Wildman–Crippen LogP) is 1.87. The Morgan fingerprint density at radius 2 is 1.85 bits per heavy atom. The van der Waals surface area contributed by atoms with Crippen molar-refractivity contribution in [1.29, 1.82) is 0 Å². The Balaban J connectivity index is 1.87. The van der Waals surface area contributed by atoms with Crippen LogP contribution in [0, 0.1) is 0 Å². The highest BCUT2D eigenvalue weighted by Gasteiger charge is 2.19. The quantitative estimate of drug-likeness (QED) is 0.880. The lowest BCUT2D eigenvalue weighted by atomic mass is 10.1. The van der Waals surface area contributed by atoms with Crippen molar-refractivity contribution in [3.63, 3.8) is 0 Å². The van der Waals surface area contributed by atoms with Gasteiger partial charge in [0.25, 0.3) is 0 Å². The van der Waals surface area contributed by atoms with Gasteiger partial charge in [0.2, 0.25) is 5.91 Å². The van der Waals surface area contributed by atoms with Crippen LogP contribution in [0.2, 0.25) is 0 Å². The molecule has 0 saturated heterocycles. The largest absolute Gasteiger partial charge is 0.366 e. The Morgan fingerprint density at radius 3 is 2.40 bits per heavy atom. The number of rotatable bonds is 4. The molecule has 0 heterocycles. The maximum atomic E-state index is 12.0. The van der Waals surface area contributed by atoms with Crippen LogP contribution in [0.4, 0.5) is 4.79 Å². The van der Waals surface area contributed by atoms with Gasteiger partial charge in [0.05, 0.1) is 0 Å². The molecule has 3 amide bonds. The smallest absolute Gasteiger partial charge is 0.317 e. The highest BCUT2D eigenvalue weighted by atomic mass is 16.2. The van der Waals surface area contributed by atoms with Crippen molar-refractivity contribution >= 4 is 11.9 Å². The average Bonchev–Trinajstić information content (AvgIpc) is 2.92. The second-order valence-electron chi connectivity index (χ2n) is 5.35. The first kappa shape index (κ1) is 14.4. The summed E-state index contributed by atoms with van der Waals surface area (Å²) in [5.41, 5.74) is 6.64. The molecule has 1 aromatic carbocycles. The fourth-order valence-electron chi connectivity index (χ4n) is 2.48. The maximum absolute atomic E-state index is 12.0. The highest BCUT2D eigenvalue weighted by molar-refractivity contribution is 5.92. The molecule has 0 aliphatic heterocycles. The Labute approximate surface area is 119 Å². The van der Waals surface area contributed by atoms with E-state index in [0.717, 1.165) is 18.4 Å². The van der Waals surface area contributed by atoms with Crippen LogP contribution >= 0.6 is 0 Å². The van der Waals surface area contributed by atoms with Crippen molar-refractivity contribution in [1.82, 2.24) is 10.2 Å². The fraction of sp³-hybridized carbons (Fsp3) is 0.467. The lowest BCUT2D eigenvalue weighted by molar-refractivity contribution is 0.1000. The van der Waals surface area contributed by atoms with E-state index < -0.39 is 5.91 Å². The molecule has 1 fully saturated rings. The van der Waals surface area contributed by atoms with E-state index in [1.807, 2.05) is 12.1 Å². The molecule has 0 unspecified atom stereocenters. The first-order valence-corrected chi connectivity index (χ1v) is 6.96. The molecule has 2 rings (SSSR count). The zero-order chi connectivity index (χ0) is 14.5. The molecule has 1 aliphatic carbocycles. The number of amides is 3. The summed E-state index contributed by atoms with van der Waals surface area (Å²) in [5, 5.41) is 3.04. The van der Waals surface area contributed by atoms with Gasteiger partial charge in [0, 0.05) is 25.2 Å². The average molecular weight is 275 g/mol. The van der Waals surface area contributed by atoms with Crippen molar-refractivity contribution in [3.8, 4) is 0 Å². The minimum absolute atomic E-state index is 0.0455. The molecule has 0 aromatic heterocycles. The van der Waals surface area contributed by atoms with Crippen LogP contribution in [0.15, 0.2) is 24.3 Å². The van der Waals surface area contributed by atoms with Crippen molar-refractivity contribution in [3.05, 3.63) is 35.4 Å². The van der Waals surface area contributed by atoms with Crippen molar-refractivity contribution in [2.75, 3.05) is 7.05 Å². The van der Waals surface area contributed by atoms with Crippen LogP contribution in [0.25, 0.3) is 0 Å². The van der Waals surface area contributed by atoms with E-state index in [1.54, 1.807) is 24.1 Å². The van der Waals surface area contributed by atoms with E-state index >= 15 is 0 Å². The van der Waals surface area contributed by atoms with Gasteiger partial charge in [-0.05, 0) is 30.5 Å². The van der Waals surface area contributed by atoms with Gasteiger partial charge in [-0.15, -0.1) is 0 Å². The molecule has 1 aromatic rings. The number of carbonyl (C=O) groups excluding carboxylic acids is 2. The molecule has 1 aliphatic rings. The second kappa shape index (κ2) is 6.41. The fourth-order valence-corrected chi connectivity index (χ4v) is 2.48. The summed E-state index contributed by atoms with van der Waals surface area (Å²) in [6.07, 6.45) is 4.55. The van der Waals surface area contributed by atoms with E-state index in [0.29, 0.717) is 18.2 Å². The van der Waals surface area contributed by atoms with E-state index in [4.69, 9.17) is 5.73 Å². The van der Waals surface area contributed by atoms with Crippen LogP contribution in [-0.4, -0.2) is 29.9 Å². The summed E-state index contributed by atoms with van der Waals surface area (Å²) in [4.78, 5) is 24.7. The van der Waals surface area contributed by atoms with Gasteiger partial charge in [-0.2, -0.15) is 0 Å². The van der Waals surface area contributed by atoms with Crippen molar-refractivity contribution in [2.24, 2.45) is 5.73 Å². The third kappa shape index (κ3) is 3.73. The molecule has 5 heteroatoms. The molecule has 1 saturated carbocycles. The van der Waals surface area contributed by atoms with Crippen molar-refractivity contribution < 1.29 is 9.59 Å². The first-order valence-electron chi connectivity index (χ1n) is 6.96. The number of hydrogen-bond donors (Lipinski definition) is 2.